The summed E-state index contributed by atoms with van der Waals surface area (Å²) in [6.07, 6.45) is 2.10. The lowest BCUT2D eigenvalue weighted by Gasteiger charge is -2.10. The Labute approximate surface area is 109 Å². The SMILES string of the molecule is O=C(COC(=O)c1ccsc1)NCC1CCCO1. The average Bonchev–Trinajstić information content (AvgIpc) is 3.05. The van der Waals surface area contributed by atoms with E-state index in [1.54, 1.807) is 16.8 Å². The van der Waals surface area contributed by atoms with E-state index < -0.39 is 5.97 Å². The Morgan fingerprint density at radius 2 is 2.44 bits per heavy atom. The second-order valence-electron chi connectivity index (χ2n) is 4.03. The van der Waals surface area contributed by atoms with Crippen molar-refractivity contribution in [3.63, 3.8) is 0 Å². The highest BCUT2D eigenvalue weighted by Crippen LogP contribution is 2.10. The van der Waals surface area contributed by atoms with Gasteiger partial charge < -0.3 is 14.8 Å². The molecule has 0 saturated carbocycles. The first-order valence-electron chi connectivity index (χ1n) is 5.83. The van der Waals surface area contributed by atoms with Gasteiger partial charge in [0.05, 0.1) is 11.7 Å². The van der Waals surface area contributed by atoms with Gasteiger partial charge in [0.25, 0.3) is 5.91 Å². The van der Waals surface area contributed by atoms with Crippen LogP contribution in [-0.4, -0.2) is 37.7 Å². The highest BCUT2D eigenvalue weighted by atomic mass is 32.1. The van der Waals surface area contributed by atoms with E-state index in [1.165, 1.54) is 11.3 Å². The van der Waals surface area contributed by atoms with E-state index in [1.807, 2.05) is 0 Å². The van der Waals surface area contributed by atoms with Gasteiger partial charge in [0.2, 0.25) is 0 Å². The molecule has 6 heteroatoms. The molecule has 0 bridgehead atoms. The molecular formula is C12H15NO4S. The van der Waals surface area contributed by atoms with E-state index in [0.717, 1.165) is 19.4 Å². The molecule has 0 aromatic carbocycles. The van der Waals surface area contributed by atoms with Crippen molar-refractivity contribution in [1.82, 2.24) is 5.32 Å². The van der Waals surface area contributed by atoms with Crippen LogP contribution in [0.1, 0.15) is 23.2 Å². The molecule has 0 radical (unpaired) electrons. The van der Waals surface area contributed by atoms with Crippen LogP contribution in [0.5, 0.6) is 0 Å². The van der Waals surface area contributed by atoms with Gasteiger partial charge in [-0.15, -0.1) is 0 Å². The molecule has 18 heavy (non-hydrogen) atoms. The summed E-state index contributed by atoms with van der Waals surface area (Å²) in [6.45, 7) is 0.990. The molecule has 0 aliphatic carbocycles. The zero-order valence-electron chi connectivity index (χ0n) is 9.89. The average molecular weight is 269 g/mol. The Morgan fingerprint density at radius 3 is 3.11 bits per heavy atom. The van der Waals surface area contributed by atoms with E-state index >= 15 is 0 Å². The first-order chi connectivity index (χ1) is 8.75. The molecule has 1 aromatic rings. The van der Waals surface area contributed by atoms with Crippen LogP contribution in [0.2, 0.25) is 0 Å². The summed E-state index contributed by atoms with van der Waals surface area (Å²) < 4.78 is 10.2. The molecule has 1 unspecified atom stereocenters. The molecule has 1 amide bonds. The number of ether oxygens (including phenoxy) is 2. The van der Waals surface area contributed by atoms with E-state index in [0.29, 0.717) is 12.1 Å². The van der Waals surface area contributed by atoms with Gasteiger partial charge in [-0.05, 0) is 24.3 Å². The summed E-state index contributed by atoms with van der Waals surface area (Å²) in [5, 5.41) is 6.16. The minimum atomic E-state index is -0.469. The monoisotopic (exact) mass is 269 g/mol. The van der Waals surface area contributed by atoms with Crippen molar-refractivity contribution in [2.75, 3.05) is 19.8 Å². The number of amides is 1. The molecule has 98 valence electrons. The summed E-state index contributed by atoms with van der Waals surface area (Å²) in [5.74, 6) is -0.766. The molecule has 1 aliphatic rings. The van der Waals surface area contributed by atoms with Crippen molar-refractivity contribution in [1.29, 1.82) is 0 Å². The lowest BCUT2D eigenvalue weighted by atomic mass is 10.2. The number of carbonyl (C=O) groups excluding carboxylic acids is 2. The number of thiophene rings is 1. The smallest absolute Gasteiger partial charge is 0.339 e. The maximum absolute atomic E-state index is 11.5. The third kappa shape index (κ3) is 3.82. The Morgan fingerprint density at radius 1 is 1.56 bits per heavy atom. The molecule has 1 saturated heterocycles. The van der Waals surface area contributed by atoms with E-state index in [-0.39, 0.29) is 18.6 Å². The molecule has 0 spiro atoms. The lowest BCUT2D eigenvalue weighted by molar-refractivity contribution is -0.124. The summed E-state index contributed by atoms with van der Waals surface area (Å²) >= 11 is 1.41. The van der Waals surface area contributed by atoms with Gasteiger partial charge >= 0.3 is 5.97 Å². The Balaban J connectivity index is 1.63. The van der Waals surface area contributed by atoms with Crippen LogP contribution >= 0.6 is 11.3 Å². The number of esters is 1. The van der Waals surface area contributed by atoms with Crippen LogP contribution in [0, 0.1) is 0 Å². The van der Waals surface area contributed by atoms with Crippen molar-refractivity contribution in [3.05, 3.63) is 22.4 Å². The highest BCUT2D eigenvalue weighted by molar-refractivity contribution is 7.08. The quantitative estimate of drug-likeness (QED) is 0.816. The van der Waals surface area contributed by atoms with Gasteiger partial charge in [-0.1, -0.05) is 0 Å². The first kappa shape index (κ1) is 13.0. The molecule has 1 fully saturated rings. The number of hydrogen-bond donors (Lipinski definition) is 1. The summed E-state index contributed by atoms with van der Waals surface area (Å²) in [5.41, 5.74) is 0.479. The number of carbonyl (C=O) groups is 2. The fourth-order valence-electron chi connectivity index (χ4n) is 1.68. The Kier molecular flexibility index (Phi) is 4.72. The normalized spacial score (nSPS) is 18.6. The van der Waals surface area contributed by atoms with E-state index in [2.05, 4.69) is 5.32 Å². The molecule has 1 aromatic heterocycles. The number of nitrogens with one attached hydrogen (secondary N) is 1. The minimum Gasteiger partial charge on any atom is -0.452 e. The van der Waals surface area contributed by atoms with Gasteiger partial charge in [0.15, 0.2) is 6.61 Å². The zero-order chi connectivity index (χ0) is 12.8. The first-order valence-corrected chi connectivity index (χ1v) is 6.77. The van der Waals surface area contributed by atoms with Crippen LogP contribution in [0.3, 0.4) is 0 Å². The summed E-state index contributed by atoms with van der Waals surface area (Å²) in [4.78, 5) is 22.9. The van der Waals surface area contributed by atoms with Crippen LogP contribution in [0.15, 0.2) is 16.8 Å². The maximum atomic E-state index is 11.5. The minimum absolute atomic E-state index is 0.0986. The summed E-state index contributed by atoms with van der Waals surface area (Å²) in [7, 11) is 0. The predicted molar refractivity (Wildman–Crippen MR) is 66.6 cm³/mol. The molecular weight excluding hydrogens is 254 g/mol. The highest BCUT2D eigenvalue weighted by Gasteiger charge is 2.16. The molecule has 2 heterocycles. The molecule has 1 aliphatic heterocycles. The van der Waals surface area contributed by atoms with Gasteiger partial charge in [-0.25, -0.2) is 4.79 Å². The van der Waals surface area contributed by atoms with Gasteiger partial charge in [-0.3, -0.25) is 4.79 Å². The van der Waals surface area contributed by atoms with Crippen molar-refractivity contribution < 1.29 is 19.1 Å². The zero-order valence-corrected chi connectivity index (χ0v) is 10.7. The number of rotatable bonds is 5. The predicted octanol–water partition coefficient (Wildman–Crippen LogP) is 1.20. The van der Waals surface area contributed by atoms with Crippen LogP contribution < -0.4 is 5.32 Å². The maximum Gasteiger partial charge on any atom is 0.339 e. The third-order valence-electron chi connectivity index (χ3n) is 2.64. The summed E-state index contributed by atoms with van der Waals surface area (Å²) in [6, 6.07) is 1.66. The van der Waals surface area contributed by atoms with E-state index in [9.17, 15) is 9.59 Å². The van der Waals surface area contributed by atoms with Crippen LogP contribution in [0.4, 0.5) is 0 Å². The second-order valence-corrected chi connectivity index (χ2v) is 4.81. The standard InChI is InChI=1S/C12H15NO4S/c14-11(13-6-10-2-1-4-16-10)7-17-12(15)9-3-5-18-8-9/h3,5,8,10H,1-2,4,6-7H2,(H,13,14). The Bertz CT molecular complexity index is 398. The lowest BCUT2D eigenvalue weighted by Crippen LogP contribution is -2.34. The number of hydrogen-bond acceptors (Lipinski definition) is 5. The van der Waals surface area contributed by atoms with Crippen LogP contribution in [-0.2, 0) is 14.3 Å². The molecule has 1 atom stereocenters. The second kappa shape index (κ2) is 6.51. The van der Waals surface area contributed by atoms with Crippen molar-refractivity contribution in [3.8, 4) is 0 Å². The van der Waals surface area contributed by atoms with Gasteiger partial charge in [0, 0.05) is 18.5 Å². The van der Waals surface area contributed by atoms with Crippen molar-refractivity contribution >= 4 is 23.2 Å². The molecule has 2 rings (SSSR count). The largest absolute Gasteiger partial charge is 0.452 e. The fraction of sp³-hybridized carbons (Fsp3) is 0.500. The molecule has 1 N–H and O–H groups in total. The van der Waals surface area contributed by atoms with Crippen molar-refractivity contribution in [2.24, 2.45) is 0 Å². The van der Waals surface area contributed by atoms with Gasteiger partial charge in [0.1, 0.15) is 0 Å². The van der Waals surface area contributed by atoms with Crippen LogP contribution in [0.25, 0.3) is 0 Å². The van der Waals surface area contributed by atoms with E-state index in [4.69, 9.17) is 9.47 Å². The fourth-order valence-corrected chi connectivity index (χ4v) is 2.30. The third-order valence-corrected chi connectivity index (χ3v) is 3.33. The Hall–Kier alpha value is -1.40. The van der Waals surface area contributed by atoms with Crippen molar-refractivity contribution in [2.45, 2.75) is 18.9 Å². The topological polar surface area (TPSA) is 64.6 Å². The molecule has 5 nitrogen and oxygen atoms in total. The van der Waals surface area contributed by atoms with Gasteiger partial charge in [-0.2, -0.15) is 11.3 Å².